The molecule has 2 atom stereocenters. The maximum Gasteiger partial charge on any atom is 0.305 e. The van der Waals surface area contributed by atoms with E-state index in [-0.39, 0.29) is 36.9 Å². The highest BCUT2D eigenvalue weighted by molar-refractivity contribution is 7.91. The summed E-state index contributed by atoms with van der Waals surface area (Å²) in [5.74, 6) is -2.17. The number of rotatable bonds is 9. The van der Waals surface area contributed by atoms with Gasteiger partial charge in [-0.25, -0.2) is 8.42 Å². The second-order valence-corrected chi connectivity index (χ2v) is 11.1. The van der Waals surface area contributed by atoms with E-state index in [9.17, 15) is 27.9 Å². The molecule has 3 rings (SSSR count). The van der Waals surface area contributed by atoms with Crippen LogP contribution in [0.2, 0.25) is 0 Å². The SMILES string of the molecule is COCC(=O)N1CCN(S(=O)(=O)c2cccs2)CC1C(=O)NC(CC(=O)O)c1cccs1. The van der Waals surface area contributed by atoms with Gasteiger partial charge in [0.1, 0.15) is 16.9 Å². The number of aliphatic carboxylic acids is 1. The van der Waals surface area contributed by atoms with Crippen molar-refractivity contribution >= 4 is 50.5 Å². The molecular weight excluding hydrogens is 478 g/mol. The van der Waals surface area contributed by atoms with Gasteiger partial charge >= 0.3 is 5.97 Å². The van der Waals surface area contributed by atoms with E-state index in [1.807, 2.05) is 0 Å². The number of hydrogen-bond acceptors (Lipinski definition) is 8. The molecule has 0 aromatic carbocycles. The topological polar surface area (TPSA) is 133 Å². The molecule has 13 heteroatoms. The van der Waals surface area contributed by atoms with Gasteiger partial charge in [-0.1, -0.05) is 12.1 Å². The number of nitrogens with zero attached hydrogens (tertiary/aromatic N) is 2. The maximum atomic E-state index is 13.2. The van der Waals surface area contributed by atoms with E-state index >= 15 is 0 Å². The van der Waals surface area contributed by atoms with Crippen LogP contribution in [0.3, 0.4) is 0 Å². The number of carbonyl (C=O) groups excluding carboxylic acids is 2. The van der Waals surface area contributed by atoms with Gasteiger partial charge in [0.25, 0.3) is 10.0 Å². The van der Waals surface area contributed by atoms with Crippen molar-refractivity contribution in [2.24, 2.45) is 0 Å². The maximum absolute atomic E-state index is 13.2. The quantitative estimate of drug-likeness (QED) is 0.523. The van der Waals surface area contributed by atoms with E-state index in [1.165, 1.54) is 33.7 Å². The molecule has 10 nitrogen and oxygen atoms in total. The van der Waals surface area contributed by atoms with Crippen LogP contribution in [0.5, 0.6) is 0 Å². The van der Waals surface area contributed by atoms with Crippen LogP contribution in [0, 0.1) is 0 Å². The average Bonchev–Trinajstić information content (AvgIpc) is 3.47. The third-order valence-electron chi connectivity index (χ3n) is 4.90. The number of hydrogen-bond donors (Lipinski definition) is 2. The molecule has 3 heterocycles. The Balaban J connectivity index is 1.85. The third kappa shape index (κ3) is 5.53. The fourth-order valence-electron chi connectivity index (χ4n) is 3.40. The van der Waals surface area contributed by atoms with Gasteiger partial charge < -0.3 is 20.1 Å². The monoisotopic (exact) mass is 501 g/mol. The summed E-state index contributed by atoms with van der Waals surface area (Å²) in [6, 6.07) is 4.63. The Morgan fingerprint density at radius 2 is 1.94 bits per heavy atom. The summed E-state index contributed by atoms with van der Waals surface area (Å²) >= 11 is 2.37. The van der Waals surface area contributed by atoms with Gasteiger partial charge in [0.2, 0.25) is 11.8 Å². The lowest BCUT2D eigenvalue weighted by Crippen LogP contribution is -2.62. The highest BCUT2D eigenvalue weighted by Crippen LogP contribution is 2.26. The van der Waals surface area contributed by atoms with Crippen molar-refractivity contribution in [2.45, 2.75) is 22.7 Å². The van der Waals surface area contributed by atoms with Crippen molar-refractivity contribution in [3.63, 3.8) is 0 Å². The molecule has 0 saturated carbocycles. The average molecular weight is 502 g/mol. The van der Waals surface area contributed by atoms with Crippen LogP contribution in [0.25, 0.3) is 0 Å². The molecule has 1 aliphatic rings. The predicted octanol–water partition coefficient (Wildman–Crippen LogP) is 0.990. The Morgan fingerprint density at radius 3 is 2.53 bits per heavy atom. The molecule has 32 heavy (non-hydrogen) atoms. The van der Waals surface area contributed by atoms with Crippen molar-refractivity contribution in [1.29, 1.82) is 0 Å². The lowest BCUT2D eigenvalue weighted by molar-refractivity contribution is -0.146. The van der Waals surface area contributed by atoms with Crippen molar-refractivity contribution < 1.29 is 32.6 Å². The second kappa shape index (κ2) is 10.5. The second-order valence-electron chi connectivity index (χ2n) is 7.01. The van der Waals surface area contributed by atoms with E-state index in [4.69, 9.17) is 4.74 Å². The Morgan fingerprint density at radius 1 is 1.22 bits per heavy atom. The van der Waals surface area contributed by atoms with Crippen LogP contribution < -0.4 is 5.32 Å². The Hall–Kier alpha value is -2.32. The molecule has 2 aromatic heterocycles. The lowest BCUT2D eigenvalue weighted by Gasteiger charge is -2.40. The zero-order chi connectivity index (χ0) is 23.3. The van der Waals surface area contributed by atoms with Crippen molar-refractivity contribution in [1.82, 2.24) is 14.5 Å². The first-order chi connectivity index (χ1) is 15.2. The highest BCUT2D eigenvalue weighted by Gasteiger charge is 2.40. The molecule has 0 spiro atoms. The zero-order valence-electron chi connectivity index (χ0n) is 17.2. The molecular formula is C19H23N3O7S3. The lowest BCUT2D eigenvalue weighted by atomic mass is 10.1. The number of piperazine rings is 1. The van der Waals surface area contributed by atoms with Crippen LogP contribution in [0.15, 0.2) is 39.2 Å². The van der Waals surface area contributed by atoms with E-state index in [0.29, 0.717) is 4.88 Å². The summed E-state index contributed by atoms with van der Waals surface area (Å²) in [7, 11) is -2.48. The fraction of sp³-hybridized carbons (Fsp3) is 0.421. The number of amides is 2. The zero-order valence-corrected chi connectivity index (χ0v) is 19.6. The number of thiophene rings is 2. The van der Waals surface area contributed by atoms with Gasteiger partial charge in [-0.15, -0.1) is 22.7 Å². The predicted molar refractivity (Wildman–Crippen MR) is 118 cm³/mol. The summed E-state index contributed by atoms with van der Waals surface area (Å²) in [6.45, 7) is -0.465. The number of methoxy groups -OCH3 is 1. The third-order valence-corrected chi connectivity index (χ3v) is 9.13. The minimum Gasteiger partial charge on any atom is -0.481 e. The van der Waals surface area contributed by atoms with Gasteiger partial charge in [0.15, 0.2) is 0 Å². The first kappa shape index (κ1) is 24.3. The van der Waals surface area contributed by atoms with Crippen LogP contribution in [0.4, 0.5) is 0 Å². The van der Waals surface area contributed by atoms with Gasteiger partial charge in [-0.05, 0) is 22.9 Å². The minimum absolute atomic E-state index is 0.00743. The first-order valence-electron chi connectivity index (χ1n) is 9.61. The molecule has 2 N–H and O–H groups in total. The standard InChI is InChI=1S/C19H23N3O7S3/c1-29-12-16(23)22-7-6-21(32(27,28)18-5-3-9-31-18)11-14(22)19(26)20-13(10-17(24)25)15-4-2-8-30-15/h2-5,8-9,13-14H,6-7,10-12H2,1H3,(H,20,26)(H,24,25). The van der Waals surface area contributed by atoms with Crippen LogP contribution in [0.1, 0.15) is 17.3 Å². The number of ether oxygens (including phenoxy) is 1. The molecule has 2 aromatic rings. The molecule has 0 aliphatic carbocycles. The van der Waals surface area contributed by atoms with Gasteiger partial charge in [-0.2, -0.15) is 4.31 Å². The van der Waals surface area contributed by atoms with E-state index < -0.39 is 39.9 Å². The van der Waals surface area contributed by atoms with E-state index in [0.717, 1.165) is 11.3 Å². The van der Waals surface area contributed by atoms with Crippen LogP contribution in [-0.4, -0.2) is 79.9 Å². The van der Waals surface area contributed by atoms with Gasteiger partial charge in [-0.3, -0.25) is 14.4 Å². The summed E-state index contributed by atoms with van der Waals surface area (Å²) in [5, 5.41) is 15.4. The summed E-state index contributed by atoms with van der Waals surface area (Å²) in [4.78, 5) is 39.0. The minimum atomic E-state index is -3.83. The van der Waals surface area contributed by atoms with Crippen molar-refractivity contribution in [2.75, 3.05) is 33.4 Å². The largest absolute Gasteiger partial charge is 0.481 e. The van der Waals surface area contributed by atoms with E-state index in [1.54, 1.807) is 29.0 Å². The molecule has 2 amide bonds. The van der Waals surface area contributed by atoms with Crippen LogP contribution >= 0.6 is 22.7 Å². The number of carbonyl (C=O) groups is 3. The molecule has 0 bridgehead atoms. The Kier molecular flexibility index (Phi) is 8.00. The smallest absolute Gasteiger partial charge is 0.305 e. The van der Waals surface area contributed by atoms with E-state index in [2.05, 4.69) is 5.32 Å². The Bertz CT molecular complexity index is 1040. The van der Waals surface area contributed by atoms with Crippen LogP contribution in [-0.2, 0) is 29.1 Å². The number of carboxylic acid groups (broad SMARTS) is 1. The molecule has 1 saturated heterocycles. The van der Waals surface area contributed by atoms with Crippen molar-refractivity contribution in [3.8, 4) is 0 Å². The normalized spacial score (nSPS) is 18.3. The first-order valence-corrected chi connectivity index (χ1v) is 12.8. The molecule has 2 unspecified atom stereocenters. The summed E-state index contributed by atoms with van der Waals surface area (Å²) in [6.07, 6.45) is -0.345. The number of nitrogens with one attached hydrogen (secondary N) is 1. The number of sulfonamides is 1. The molecule has 0 radical (unpaired) electrons. The fourth-order valence-corrected chi connectivity index (χ4v) is 6.76. The van der Waals surface area contributed by atoms with Gasteiger partial charge in [0.05, 0.1) is 12.5 Å². The molecule has 1 aliphatic heterocycles. The van der Waals surface area contributed by atoms with Crippen molar-refractivity contribution in [3.05, 3.63) is 39.9 Å². The molecule has 174 valence electrons. The summed E-state index contributed by atoms with van der Waals surface area (Å²) in [5.41, 5.74) is 0. The highest BCUT2D eigenvalue weighted by atomic mass is 32.2. The summed E-state index contributed by atoms with van der Waals surface area (Å²) < 4.78 is 32.2. The molecule has 1 fully saturated rings. The number of carboxylic acids is 1. The van der Waals surface area contributed by atoms with Gasteiger partial charge in [0, 0.05) is 31.6 Å². The Labute approximate surface area is 193 Å².